The molecule has 0 spiro atoms. The highest BCUT2D eigenvalue weighted by molar-refractivity contribution is 4.79. The van der Waals surface area contributed by atoms with Crippen LogP contribution in [-0.4, -0.2) is 61.1 Å². The fraction of sp³-hybridized carbons (Fsp3) is 0.786. The second kappa shape index (κ2) is 8.30. The van der Waals surface area contributed by atoms with E-state index in [1.807, 2.05) is 23.1 Å². The van der Waals surface area contributed by atoms with Gasteiger partial charge in [0.05, 0.1) is 13.2 Å². The Morgan fingerprint density at radius 2 is 2.16 bits per heavy atom. The quantitative estimate of drug-likeness (QED) is 0.708. The monoisotopic (exact) mass is 266 g/mol. The van der Waals surface area contributed by atoms with Gasteiger partial charge in [-0.1, -0.05) is 0 Å². The fourth-order valence-electron chi connectivity index (χ4n) is 2.57. The molecule has 1 N–H and O–H groups in total. The second-order valence-corrected chi connectivity index (χ2v) is 5.25. The van der Waals surface area contributed by atoms with E-state index in [4.69, 9.17) is 4.74 Å². The average Bonchev–Trinajstić information content (AvgIpc) is 2.96. The summed E-state index contributed by atoms with van der Waals surface area (Å²) < 4.78 is 7.05. The minimum Gasteiger partial charge on any atom is -0.383 e. The van der Waals surface area contributed by atoms with Gasteiger partial charge in [0.25, 0.3) is 0 Å². The van der Waals surface area contributed by atoms with Gasteiger partial charge in [0.1, 0.15) is 0 Å². The number of nitrogens with zero attached hydrogens (tertiary/aromatic N) is 3. The Labute approximate surface area is 115 Å². The van der Waals surface area contributed by atoms with Gasteiger partial charge in [-0.2, -0.15) is 5.10 Å². The number of piperidine rings is 1. The molecule has 2 rings (SSSR count). The molecule has 0 saturated carbocycles. The van der Waals surface area contributed by atoms with E-state index in [2.05, 4.69) is 15.3 Å². The van der Waals surface area contributed by atoms with Gasteiger partial charge in [0.2, 0.25) is 0 Å². The third-order valence-corrected chi connectivity index (χ3v) is 3.83. The highest BCUT2D eigenvalue weighted by Crippen LogP contribution is 2.16. The molecule has 5 nitrogen and oxygen atoms in total. The van der Waals surface area contributed by atoms with E-state index >= 15 is 0 Å². The summed E-state index contributed by atoms with van der Waals surface area (Å²) >= 11 is 0. The Morgan fingerprint density at radius 3 is 2.84 bits per heavy atom. The minimum absolute atomic E-state index is 0.808. The van der Waals surface area contributed by atoms with Crippen molar-refractivity contribution in [1.29, 1.82) is 0 Å². The van der Waals surface area contributed by atoms with Crippen LogP contribution in [0, 0.1) is 5.92 Å². The number of ether oxygens (including phenoxy) is 1. The smallest absolute Gasteiger partial charge is 0.0587 e. The molecule has 0 amide bonds. The summed E-state index contributed by atoms with van der Waals surface area (Å²) in [6.45, 7) is 7.47. The summed E-state index contributed by atoms with van der Waals surface area (Å²) in [4.78, 5) is 2.55. The maximum Gasteiger partial charge on any atom is 0.0587 e. The maximum atomic E-state index is 5.04. The molecule has 1 aromatic heterocycles. The first-order chi connectivity index (χ1) is 9.38. The standard InChI is InChI=1S/C14H26N4O/c1-19-12-6-15-13-14-3-8-17(9-4-14)10-11-18-7-2-5-16-18/h2,5,7,14-15H,3-4,6,8-13H2,1H3. The Hall–Kier alpha value is -0.910. The minimum atomic E-state index is 0.808. The van der Waals surface area contributed by atoms with Gasteiger partial charge in [0.15, 0.2) is 0 Å². The summed E-state index contributed by atoms with van der Waals surface area (Å²) in [5.74, 6) is 0.831. The number of likely N-dealkylation sites (tertiary alicyclic amines) is 1. The SMILES string of the molecule is COCCNCC1CCN(CCn2cccn2)CC1. The molecule has 108 valence electrons. The van der Waals surface area contributed by atoms with Crippen LogP contribution in [0.3, 0.4) is 0 Å². The Kier molecular flexibility index (Phi) is 6.33. The number of hydrogen-bond donors (Lipinski definition) is 1. The van der Waals surface area contributed by atoms with Crippen molar-refractivity contribution in [1.82, 2.24) is 20.0 Å². The van der Waals surface area contributed by atoms with Crippen LogP contribution >= 0.6 is 0 Å². The molecule has 2 heterocycles. The summed E-state index contributed by atoms with van der Waals surface area (Å²) in [6, 6.07) is 1.98. The molecule has 0 bridgehead atoms. The number of hydrogen-bond acceptors (Lipinski definition) is 4. The van der Waals surface area contributed by atoms with Crippen molar-refractivity contribution in [3.05, 3.63) is 18.5 Å². The first-order valence-electron chi connectivity index (χ1n) is 7.28. The summed E-state index contributed by atoms with van der Waals surface area (Å²) in [7, 11) is 1.75. The van der Waals surface area contributed by atoms with Crippen LogP contribution < -0.4 is 5.32 Å². The summed E-state index contributed by atoms with van der Waals surface area (Å²) in [6.07, 6.45) is 6.49. The summed E-state index contributed by atoms with van der Waals surface area (Å²) in [5.41, 5.74) is 0. The van der Waals surface area contributed by atoms with Crippen molar-refractivity contribution in [3.8, 4) is 0 Å². The zero-order valence-corrected chi connectivity index (χ0v) is 11.9. The van der Waals surface area contributed by atoms with E-state index in [1.54, 1.807) is 7.11 Å². The van der Waals surface area contributed by atoms with Crippen LogP contribution in [0.1, 0.15) is 12.8 Å². The van der Waals surface area contributed by atoms with Crippen LogP contribution in [0.5, 0.6) is 0 Å². The second-order valence-electron chi connectivity index (χ2n) is 5.25. The zero-order valence-electron chi connectivity index (χ0n) is 11.9. The first kappa shape index (κ1) is 14.5. The van der Waals surface area contributed by atoms with Gasteiger partial charge >= 0.3 is 0 Å². The molecule has 0 unspecified atom stereocenters. The number of aromatic nitrogens is 2. The lowest BCUT2D eigenvalue weighted by Crippen LogP contribution is -2.39. The molecular weight excluding hydrogens is 240 g/mol. The first-order valence-corrected chi connectivity index (χ1v) is 7.28. The average molecular weight is 266 g/mol. The van der Waals surface area contributed by atoms with E-state index in [0.29, 0.717) is 0 Å². The lowest BCUT2D eigenvalue weighted by molar-refractivity contribution is 0.168. The van der Waals surface area contributed by atoms with Crippen molar-refractivity contribution in [3.63, 3.8) is 0 Å². The van der Waals surface area contributed by atoms with Crippen LogP contribution in [0.25, 0.3) is 0 Å². The topological polar surface area (TPSA) is 42.3 Å². The van der Waals surface area contributed by atoms with Crippen molar-refractivity contribution in [2.45, 2.75) is 19.4 Å². The highest BCUT2D eigenvalue weighted by Gasteiger charge is 2.18. The van der Waals surface area contributed by atoms with E-state index in [1.165, 1.54) is 25.9 Å². The number of methoxy groups -OCH3 is 1. The van der Waals surface area contributed by atoms with Crippen LogP contribution in [-0.2, 0) is 11.3 Å². The van der Waals surface area contributed by atoms with E-state index < -0.39 is 0 Å². The molecule has 5 heteroatoms. The van der Waals surface area contributed by atoms with Gasteiger partial charge in [0, 0.05) is 32.6 Å². The molecule has 1 saturated heterocycles. The van der Waals surface area contributed by atoms with Crippen molar-refractivity contribution in [2.24, 2.45) is 5.92 Å². The molecule has 0 radical (unpaired) electrons. The lowest BCUT2D eigenvalue weighted by Gasteiger charge is -2.32. The molecule has 1 aliphatic rings. The molecular formula is C14H26N4O. The molecule has 1 aliphatic heterocycles. The van der Waals surface area contributed by atoms with Gasteiger partial charge in [-0.05, 0) is 44.5 Å². The molecule has 0 atom stereocenters. The van der Waals surface area contributed by atoms with E-state index in [0.717, 1.165) is 38.7 Å². The van der Waals surface area contributed by atoms with Crippen molar-refractivity contribution in [2.75, 3.05) is 46.4 Å². The Morgan fingerprint density at radius 1 is 1.32 bits per heavy atom. The van der Waals surface area contributed by atoms with Crippen LogP contribution in [0.15, 0.2) is 18.5 Å². The van der Waals surface area contributed by atoms with Gasteiger partial charge < -0.3 is 15.0 Å². The molecule has 1 fully saturated rings. The molecule has 1 aromatic rings. The lowest BCUT2D eigenvalue weighted by atomic mass is 9.97. The third-order valence-electron chi connectivity index (χ3n) is 3.83. The predicted octanol–water partition coefficient (Wildman–Crippen LogP) is 0.831. The van der Waals surface area contributed by atoms with E-state index in [9.17, 15) is 0 Å². The largest absolute Gasteiger partial charge is 0.383 e. The molecule has 0 aromatic carbocycles. The molecule has 0 aliphatic carbocycles. The number of nitrogens with one attached hydrogen (secondary N) is 1. The van der Waals surface area contributed by atoms with Crippen LogP contribution in [0.4, 0.5) is 0 Å². The van der Waals surface area contributed by atoms with E-state index in [-0.39, 0.29) is 0 Å². The Bertz CT molecular complexity index is 320. The highest BCUT2D eigenvalue weighted by atomic mass is 16.5. The van der Waals surface area contributed by atoms with Gasteiger partial charge in [-0.25, -0.2) is 0 Å². The normalized spacial score (nSPS) is 17.9. The third kappa shape index (κ3) is 5.30. The van der Waals surface area contributed by atoms with Gasteiger partial charge in [-0.3, -0.25) is 4.68 Å². The van der Waals surface area contributed by atoms with Crippen molar-refractivity contribution >= 4 is 0 Å². The maximum absolute atomic E-state index is 5.04. The fourth-order valence-corrected chi connectivity index (χ4v) is 2.57. The number of rotatable bonds is 8. The van der Waals surface area contributed by atoms with Crippen molar-refractivity contribution < 1.29 is 4.74 Å². The van der Waals surface area contributed by atoms with Gasteiger partial charge in [-0.15, -0.1) is 0 Å². The zero-order chi connectivity index (χ0) is 13.3. The Balaban J connectivity index is 1.55. The van der Waals surface area contributed by atoms with Crippen LogP contribution in [0.2, 0.25) is 0 Å². The predicted molar refractivity (Wildman–Crippen MR) is 76.1 cm³/mol. The molecule has 19 heavy (non-hydrogen) atoms. The summed E-state index contributed by atoms with van der Waals surface area (Å²) in [5, 5.41) is 7.71.